The lowest BCUT2D eigenvalue weighted by Gasteiger charge is -2.33. The standard InChI is InChI=1S/C15H18ClFN4/c16-9-7-11-14(8-10(9)17)21(15(18)19-11)13-4-6-20-5-2-1-3-12(13)20/h7-8,12-13H,1-6H2,(H2,18,19). The summed E-state index contributed by atoms with van der Waals surface area (Å²) in [7, 11) is 0. The average Bonchev–Trinajstić information content (AvgIpc) is 3.00. The number of halogens is 2. The van der Waals surface area contributed by atoms with Crippen molar-refractivity contribution in [3.63, 3.8) is 0 Å². The van der Waals surface area contributed by atoms with E-state index in [-0.39, 0.29) is 11.1 Å². The van der Waals surface area contributed by atoms with Crippen LogP contribution in [-0.2, 0) is 0 Å². The van der Waals surface area contributed by atoms with E-state index in [2.05, 4.69) is 9.88 Å². The Morgan fingerprint density at radius 1 is 1.19 bits per heavy atom. The molecule has 2 aliphatic rings. The van der Waals surface area contributed by atoms with Crippen molar-refractivity contribution < 1.29 is 4.39 Å². The number of benzene rings is 1. The molecule has 2 unspecified atom stereocenters. The molecule has 2 aliphatic heterocycles. The van der Waals surface area contributed by atoms with Gasteiger partial charge in [-0.05, 0) is 31.9 Å². The first kappa shape index (κ1) is 13.3. The number of rotatable bonds is 1. The van der Waals surface area contributed by atoms with Crippen molar-refractivity contribution in [2.45, 2.75) is 37.8 Å². The molecular weight excluding hydrogens is 291 g/mol. The molecule has 3 heterocycles. The summed E-state index contributed by atoms with van der Waals surface area (Å²) in [5, 5.41) is 0.0952. The number of imidazole rings is 1. The number of hydrogen-bond acceptors (Lipinski definition) is 3. The molecule has 4 nitrogen and oxygen atoms in total. The summed E-state index contributed by atoms with van der Waals surface area (Å²) in [6.45, 7) is 2.25. The minimum atomic E-state index is -0.413. The smallest absolute Gasteiger partial charge is 0.201 e. The van der Waals surface area contributed by atoms with Crippen LogP contribution in [0.4, 0.5) is 10.3 Å². The number of aromatic nitrogens is 2. The molecule has 0 radical (unpaired) electrons. The quantitative estimate of drug-likeness (QED) is 0.880. The van der Waals surface area contributed by atoms with Crippen LogP contribution in [0.2, 0.25) is 5.02 Å². The zero-order valence-corrected chi connectivity index (χ0v) is 12.5. The van der Waals surface area contributed by atoms with Crippen molar-refractivity contribution in [1.82, 2.24) is 14.5 Å². The molecule has 1 aromatic carbocycles. The van der Waals surface area contributed by atoms with Crippen LogP contribution in [-0.4, -0.2) is 33.6 Å². The van der Waals surface area contributed by atoms with Gasteiger partial charge in [0.15, 0.2) is 0 Å². The maximum Gasteiger partial charge on any atom is 0.201 e. The van der Waals surface area contributed by atoms with E-state index in [1.807, 2.05) is 4.57 Å². The molecule has 0 bridgehead atoms. The highest BCUT2D eigenvalue weighted by atomic mass is 35.5. The van der Waals surface area contributed by atoms with Crippen molar-refractivity contribution in [2.24, 2.45) is 0 Å². The lowest BCUT2D eigenvalue weighted by Crippen LogP contribution is -2.37. The Kier molecular flexibility index (Phi) is 3.08. The highest BCUT2D eigenvalue weighted by molar-refractivity contribution is 6.31. The molecule has 2 atom stereocenters. The molecular formula is C15H18ClFN4. The predicted molar refractivity (Wildman–Crippen MR) is 82.0 cm³/mol. The molecule has 0 saturated carbocycles. The largest absolute Gasteiger partial charge is 0.369 e. The fraction of sp³-hybridized carbons (Fsp3) is 0.533. The van der Waals surface area contributed by atoms with E-state index >= 15 is 0 Å². The summed E-state index contributed by atoms with van der Waals surface area (Å²) in [6.07, 6.45) is 4.75. The molecule has 112 valence electrons. The van der Waals surface area contributed by atoms with E-state index in [4.69, 9.17) is 17.3 Å². The number of nitrogens with zero attached hydrogens (tertiary/aromatic N) is 3. The Morgan fingerprint density at radius 2 is 2.05 bits per heavy atom. The molecule has 0 spiro atoms. The molecule has 0 amide bonds. The molecule has 6 heteroatoms. The maximum absolute atomic E-state index is 13.8. The minimum absolute atomic E-state index is 0.0952. The number of nitrogen functional groups attached to an aromatic ring is 1. The molecule has 1 aromatic heterocycles. The number of nitrogens with two attached hydrogens (primary N) is 1. The normalized spacial score (nSPS) is 26.4. The van der Waals surface area contributed by atoms with Gasteiger partial charge >= 0.3 is 0 Å². The average molecular weight is 309 g/mol. The van der Waals surface area contributed by atoms with Crippen LogP contribution >= 0.6 is 11.6 Å². The van der Waals surface area contributed by atoms with Crippen molar-refractivity contribution >= 4 is 28.6 Å². The molecule has 2 aromatic rings. The summed E-state index contributed by atoms with van der Waals surface area (Å²) in [4.78, 5) is 6.90. The van der Waals surface area contributed by atoms with Gasteiger partial charge in [-0.1, -0.05) is 18.0 Å². The van der Waals surface area contributed by atoms with E-state index in [1.54, 1.807) is 6.07 Å². The van der Waals surface area contributed by atoms with Gasteiger partial charge in [-0.3, -0.25) is 4.90 Å². The third-order valence-electron chi connectivity index (χ3n) is 4.91. The van der Waals surface area contributed by atoms with Gasteiger partial charge in [-0.15, -0.1) is 0 Å². The Bertz CT molecular complexity index is 699. The molecule has 4 rings (SSSR count). The number of hydrogen-bond donors (Lipinski definition) is 1. The Balaban J connectivity index is 1.82. The first-order valence-electron chi connectivity index (χ1n) is 7.51. The second kappa shape index (κ2) is 4.85. The highest BCUT2D eigenvalue weighted by Gasteiger charge is 2.38. The molecule has 0 aliphatic carbocycles. The second-order valence-corrected chi connectivity index (χ2v) is 6.46. The van der Waals surface area contributed by atoms with Gasteiger partial charge in [0.2, 0.25) is 5.95 Å². The summed E-state index contributed by atoms with van der Waals surface area (Å²) in [6, 6.07) is 3.81. The lowest BCUT2D eigenvalue weighted by atomic mass is 9.98. The van der Waals surface area contributed by atoms with Crippen LogP contribution in [0.25, 0.3) is 11.0 Å². The SMILES string of the molecule is Nc1nc2cc(Cl)c(F)cc2n1C1CCN2CCCCC12. The van der Waals surface area contributed by atoms with Gasteiger partial charge < -0.3 is 10.3 Å². The molecule has 2 saturated heterocycles. The summed E-state index contributed by atoms with van der Waals surface area (Å²) >= 11 is 5.85. The zero-order valence-electron chi connectivity index (χ0n) is 11.7. The monoisotopic (exact) mass is 308 g/mol. The van der Waals surface area contributed by atoms with Gasteiger partial charge in [-0.2, -0.15) is 0 Å². The molecule has 21 heavy (non-hydrogen) atoms. The Morgan fingerprint density at radius 3 is 2.90 bits per heavy atom. The van der Waals surface area contributed by atoms with Crippen LogP contribution in [0.5, 0.6) is 0 Å². The van der Waals surface area contributed by atoms with E-state index in [9.17, 15) is 4.39 Å². The van der Waals surface area contributed by atoms with E-state index in [1.165, 1.54) is 25.3 Å². The van der Waals surface area contributed by atoms with Crippen molar-refractivity contribution in [3.05, 3.63) is 23.0 Å². The van der Waals surface area contributed by atoms with Crippen LogP contribution < -0.4 is 5.73 Å². The van der Waals surface area contributed by atoms with E-state index in [0.29, 0.717) is 17.5 Å². The Labute approximate surface area is 127 Å². The van der Waals surface area contributed by atoms with E-state index < -0.39 is 5.82 Å². The Hall–Kier alpha value is -1.33. The van der Waals surface area contributed by atoms with Crippen LogP contribution in [0.3, 0.4) is 0 Å². The van der Waals surface area contributed by atoms with Crippen molar-refractivity contribution in [2.75, 3.05) is 18.8 Å². The first-order valence-corrected chi connectivity index (χ1v) is 7.89. The van der Waals surface area contributed by atoms with Crippen LogP contribution in [0.1, 0.15) is 31.7 Å². The van der Waals surface area contributed by atoms with Crippen molar-refractivity contribution in [1.29, 1.82) is 0 Å². The molecule has 2 fully saturated rings. The van der Waals surface area contributed by atoms with Crippen molar-refractivity contribution in [3.8, 4) is 0 Å². The maximum atomic E-state index is 13.8. The minimum Gasteiger partial charge on any atom is -0.369 e. The van der Waals surface area contributed by atoms with Gasteiger partial charge in [0.1, 0.15) is 5.82 Å². The summed E-state index contributed by atoms with van der Waals surface area (Å²) in [5.74, 6) is 0.0490. The summed E-state index contributed by atoms with van der Waals surface area (Å²) in [5.41, 5.74) is 7.55. The van der Waals surface area contributed by atoms with Crippen LogP contribution in [0.15, 0.2) is 12.1 Å². The topological polar surface area (TPSA) is 47.1 Å². The number of fused-ring (bicyclic) bond motifs is 2. The second-order valence-electron chi connectivity index (χ2n) is 6.05. The van der Waals surface area contributed by atoms with Crippen LogP contribution in [0, 0.1) is 5.82 Å². The fourth-order valence-corrected chi connectivity index (χ4v) is 4.14. The van der Waals surface area contributed by atoms with Gasteiger partial charge in [0.25, 0.3) is 0 Å². The zero-order chi connectivity index (χ0) is 14.6. The fourth-order valence-electron chi connectivity index (χ4n) is 3.98. The van der Waals surface area contributed by atoms with E-state index in [0.717, 1.165) is 25.0 Å². The molecule has 2 N–H and O–H groups in total. The third-order valence-corrected chi connectivity index (χ3v) is 5.20. The van der Waals surface area contributed by atoms with Gasteiger partial charge in [0.05, 0.1) is 22.1 Å². The predicted octanol–water partition coefficient (Wildman–Crippen LogP) is 3.21. The first-order chi connectivity index (χ1) is 10.1. The van der Waals surface area contributed by atoms with Gasteiger partial charge in [0, 0.05) is 18.7 Å². The highest BCUT2D eigenvalue weighted by Crippen LogP contribution is 2.39. The third kappa shape index (κ3) is 2.02. The number of piperidine rings is 1. The van der Waals surface area contributed by atoms with Gasteiger partial charge in [-0.25, -0.2) is 9.37 Å². The lowest BCUT2D eigenvalue weighted by molar-refractivity contribution is 0.175. The number of anilines is 1. The summed E-state index contributed by atoms with van der Waals surface area (Å²) < 4.78 is 15.9.